The lowest BCUT2D eigenvalue weighted by Gasteiger charge is -2.17. The third-order valence-electron chi connectivity index (χ3n) is 4.64. The highest BCUT2D eigenvalue weighted by atomic mass is 19.1. The molecule has 0 radical (unpaired) electrons. The van der Waals surface area contributed by atoms with Gasteiger partial charge < -0.3 is 19.5 Å². The van der Waals surface area contributed by atoms with Gasteiger partial charge in [-0.15, -0.1) is 0 Å². The lowest BCUT2D eigenvalue weighted by Crippen LogP contribution is -2.26. The van der Waals surface area contributed by atoms with E-state index in [2.05, 4.69) is 10.2 Å². The highest BCUT2D eigenvalue weighted by Gasteiger charge is 2.23. The van der Waals surface area contributed by atoms with Gasteiger partial charge >= 0.3 is 5.69 Å². The predicted molar refractivity (Wildman–Crippen MR) is 107 cm³/mol. The number of aromatic hydroxyl groups is 2. The molecule has 0 aliphatic heterocycles. The number of rotatable bonds is 5. The van der Waals surface area contributed by atoms with E-state index in [0.717, 1.165) is 16.7 Å². The molecule has 3 N–H and O–H groups in total. The SMILES string of the molecule is CN(Cc1ccco1)C(=O)c1cc(-c2n[nH]c(=O)n2-c2cccc(F)c2)c(O)cc1O. The van der Waals surface area contributed by atoms with E-state index < -0.39 is 28.9 Å². The number of carbonyl (C=O) groups excluding carboxylic acids is 1. The number of benzene rings is 2. The Bertz CT molecular complexity index is 1310. The molecule has 0 aliphatic rings. The number of phenols is 2. The van der Waals surface area contributed by atoms with Crippen molar-refractivity contribution in [3.05, 3.63) is 82.4 Å². The summed E-state index contributed by atoms with van der Waals surface area (Å²) in [4.78, 5) is 26.5. The largest absolute Gasteiger partial charge is 0.507 e. The van der Waals surface area contributed by atoms with Gasteiger partial charge in [-0.2, -0.15) is 5.10 Å². The number of nitrogens with zero attached hydrogens (tertiary/aromatic N) is 3. The van der Waals surface area contributed by atoms with Gasteiger partial charge in [0, 0.05) is 13.1 Å². The van der Waals surface area contributed by atoms with E-state index >= 15 is 0 Å². The van der Waals surface area contributed by atoms with Crippen molar-refractivity contribution in [2.45, 2.75) is 6.54 Å². The Morgan fingerprint density at radius 2 is 2.00 bits per heavy atom. The number of aromatic amines is 1. The Labute approximate surface area is 174 Å². The zero-order valence-electron chi connectivity index (χ0n) is 16.2. The summed E-state index contributed by atoms with van der Waals surface area (Å²) in [6.07, 6.45) is 1.48. The molecule has 0 bridgehead atoms. The van der Waals surface area contributed by atoms with E-state index in [1.54, 1.807) is 12.1 Å². The molecule has 0 spiro atoms. The highest BCUT2D eigenvalue weighted by Crippen LogP contribution is 2.35. The molecule has 0 saturated heterocycles. The second kappa shape index (κ2) is 7.82. The van der Waals surface area contributed by atoms with Crippen LogP contribution in [0.1, 0.15) is 16.1 Å². The Morgan fingerprint density at radius 3 is 2.71 bits per heavy atom. The number of H-pyrrole nitrogens is 1. The monoisotopic (exact) mass is 424 g/mol. The summed E-state index contributed by atoms with van der Waals surface area (Å²) in [5.41, 5.74) is -0.627. The fourth-order valence-corrected chi connectivity index (χ4v) is 3.17. The first kappa shape index (κ1) is 20.0. The first-order valence-electron chi connectivity index (χ1n) is 9.12. The molecule has 2 aromatic carbocycles. The van der Waals surface area contributed by atoms with Crippen LogP contribution >= 0.6 is 0 Å². The minimum atomic E-state index is -0.670. The minimum absolute atomic E-state index is 0.00448. The second-order valence-corrected chi connectivity index (χ2v) is 6.79. The first-order chi connectivity index (χ1) is 14.8. The molecule has 158 valence electrons. The van der Waals surface area contributed by atoms with Gasteiger partial charge in [0.25, 0.3) is 5.91 Å². The summed E-state index contributed by atoms with van der Waals surface area (Å²) in [5, 5.41) is 26.8. The highest BCUT2D eigenvalue weighted by molar-refractivity contribution is 5.98. The first-order valence-corrected chi connectivity index (χ1v) is 9.12. The van der Waals surface area contributed by atoms with Crippen molar-refractivity contribution in [2.24, 2.45) is 0 Å². The van der Waals surface area contributed by atoms with E-state index in [4.69, 9.17) is 4.42 Å². The van der Waals surface area contributed by atoms with Gasteiger partial charge in [-0.1, -0.05) is 6.07 Å². The van der Waals surface area contributed by atoms with Crippen LogP contribution in [0.5, 0.6) is 11.5 Å². The van der Waals surface area contributed by atoms with Gasteiger partial charge in [-0.3, -0.25) is 4.79 Å². The van der Waals surface area contributed by atoms with E-state index in [1.165, 1.54) is 42.5 Å². The quantitative estimate of drug-likeness (QED) is 0.452. The van der Waals surface area contributed by atoms with Crippen LogP contribution in [0, 0.1) is 5.82 Å². The van der Waals surface area contributed by atoms with Gasteiger partial charge in [-0.25, -0.2) is 18.9 Å². The molecular weight excluding hydrogens is 407 g/mol. The maximum Gasteiger partial charge on any atom is 0.348 e. The summed E-state index contributed by atoms with van der Waals surface area (Å²) in [7, 11) is 1.52. The van der Waals surface area contributed by atoms with E-state index in [9.17, 15) is 24.2 Å². The summed E-state index contributed by atoms with van der Waals surface area (Å²) < 4.78 is 20.0. The van der Waals surface area contributed by atoms with Gasteiger partial charge in [0.2, 0.25) is 0 Å². The van der Waals surface area contributed by atoms with E-state index in [-0.39, 0.29) is 29.2 Å². The Kier molecular flexibility index (Phi) is 5.04. The van der Waals surface area contributed by atoms with Crippen molar-refractivity contribution < 1.29 is 23.8 Å². The predicted octanol–water partition coefficient (Wildman–Crippen LogP) is 2.64. The molecule has 0 fully saturated rings. The van der Waals surface area contributed by atoms with Crippen LogP contribution in [0.25, 0.3) is 17.1 Å². The number of furan rings is 1. The topological polar surface area (TPSA) is 125 Å². The van der Waals surface area contributed by atoms with Crippen LogP contribution in [0.4, 0.5) is 4.39 Å². The fourth-order valence-electron chi connectivity index (χ4n) is 3.17. The fraction of sp³-hybridized carbons (Fsp3) is 0.0952. The molecule has 0 saturated carbocycles. The van der Waals surface area contributed by atoms with Crippen LogP contribution in [0.15, 0.2) is 64.0 Å². The number of halogens is 1. The van der Waals surface area contributed by atoms with Crippen LogP contribution in [-0.2, 0) is 6.54 Å². The van der Waals surface area contributed by atoms with Crippen molar-refractivity contribution in [1.29, 1.82) is 0 Å². The molecule has 4 rings (SSSR count). The third kappa shape index (κ3) is 3.78. The van der Waals surface area contributed by atoms with Gasteiger partial charge in [0.1, 0.15) is 23.1 Å². The van der Waals surface area contributed by atoms with Crippen LogP contribution in [-0.4, -0.2) is 42.8 Å². The zero-order chi connectivity index (χ0) is 22.1. The van der Waals surface area contributed by atoms with Crippen molar-refractivity contribution in [1.82, 2.24) is 19.7 Å². The second-order valence-electron chi connectivity index (χ2n) is 6.79. The molecular formula is C21H17FN4O5. The molecule has 9 nitrogen and oxygen atoms in total. The molecule has 0 unspecified atom stereocenters. The van der Waals surface area contributed by atoms with Crippen molar-refractivity contribution in [3.63, 3.8) is 0 Å². The van der Waals surface area contributed by atoms with E-state index in [1.807, 2.05) is 0 Å². The molecule has 2 heterocycles. The summed E-state index contributed by atoms with van der Waals surface area (Å²) in [5.74, 6) is -1.50. The van der Waals surface area contributed by atoms with Crippen molar-refractivity contribution >= 4 is 5.91 Å². The Hall–Kier alpha value is -4.34. The lowest BCUT2D eigenvalue weighted by atomic mass is 10.1. The molecule has 2 aromatic heterocycles. The normalized spacial score (nSPS) is 10.9. The van der Waals surface area contributed by atoms with Crippen LogP contribution < -0.4 is 5.69 Å². The summed E-state index contributed by atoms with van der Waals surface area (Å²) in [6.45, 7) is 0.151. The zero-order valence-corrected chi connectivity index (χ0v) is 16.2. The average Bonchev–Trinajstić information content (AvgIpc) is 3.37. The number of nitrogens with one attached hydrogen (secondary N) is 1. The average molecular weight is 424 g/mol. The molecule has 0 aliphatic carbocycles. The molecule has 0 atom stereocenters. The lowest BCUT2D eigenvalue weighted by molar-refractivity contribution is 0.0772. The number of hydrogen-bond donors (Lipinski definition) is 3. The molecule has 31 heavy (non-hydrogen) atoms. The van der Waals surface area contributed by atoms with Crippen LogP contribution in [0.3, 0.4) is 0 Å². The standard InChI is InChI=1S/C21H17FN4O5/c1-25(11-14-6-3-7-31-14)20(29)16-9-15(17(27)10-18(16)28)19-23-24-21(30)26(19)13-5-2-4-12(22)8-13/h2-10,27-28H,11H2,1H3,(H,24,30). The third-order valence-corrected chi connectivity index (χ3v) is 4.64. The van der Waals surface area contributed by atoms with Crippen molar-refractivity contribution in [3.8, 4) is 28.6 Å². The molecule has 4 aromatic rings. The number of aromatic nitrogens is 3. The van der Waals surface area contributed by atoms with Gasteiger partial charge in [0.15, 0.2) is 5.82 Å². The smallest absolute Gasteiger partial charge is 0.348 e. The maximum atomic E-state index is 13.7. The number of amides is 1. The van der Waals surface area contributed by atoms with Crippen LogP contribution in [0.2, 0.25) is 0 Å². The molecule has 10 heteroatoms. The van der Waals surface area contributed by atoms with Gasteiger partial charge in [-0.05, 0) is 36.4 Å². The minimum Gasteiger partial charge on any atom is -0.507 e. The number of phenolic OH excluding ortho intramolecular Hbond substituents is 2. The number of carbonyl (C=O) groups is 1. The molecule has 1 amide bonds. The maximum absolute atomic E-state index is 13.7. The Balaban J connectivity index is 1.78. The number of hydrogen-bond acceptors (Lipinski definition) is 6. The van der Waals surface area contributed by atoms with Gasteiger partial charge in [0.05, 0.1) is 29.6 Å². The summed E-state index contributed by atoms with van der Waals surface area (Å²) in [6, 6.07) is 10.8. The van der Waals surface area contributed by atoms with Crippen molar-refractivity contribution in [2.75, 3.05) is 7.05 Å². The summed E-state index contributed by atoms with van der Waals surface area (Å²) >= 11 is 0. The van der Waals surface area contributed by atoms with E-state index in [0.29, 0.717) is 5.76 Å². The Morgan fingerprint density at radius 1 is 1.19 bits per heavy atom.